The number of rotatable bonds is 7. The highest BCUT2D eigenvalue weighted by Gasteiger charge is 2.19. The fourth-order valence-corrected chi connectivity index (χ4v) is 2.39. The molecule has 1 unspecified atom stereocenters. The molecule has 0 fully saturated rings. The number of carbonyl (C=O) groups is 1. The molecule has 116 valence electrons. The zero-order valence-electron chi connectivity index (χ0n) is 12.8. The van der Waals surface area contributed by atoms with Gasteiger partial charge in [-0.15, -0.1) is 0 Å². The smallest absolute Gasteiger partial charge is 0.220 e. The van der Waals surface area contributed by atoms with Gasteiger partial charge in [-0.3, -0.25) is 4.79 Å². The molecule has 4 nitrogen and oxygen atoms in total. The molecule has 2 rings (SSSR count). The molecule has 0 bridgehead atoms. The Hall–Kier alpha value is -2.33. The highest BCUT2D eigenvalue weighted by Crippen LogP contribution is 2.29. The molecule has 0 aliphatic carbocycles. The maximum atomic E-state index is 12.2. The maximum Gasteiger partial charge on any atom is 0.220 e. The van der Waals surface area contributed by atoms with Crippen LogP contribution < -0.4 is 15.8 Å². The first-order chi connectivity index (χ1) is 10.8. The minimum atomic E-state index is -0.234. The van der Waals surface area contributed by atoms with Gasteiger partial charge in [0.15, 0.2) is 0 Å². The number of carbonyl (C=O) groups excluding carboxylic acids is 1. The summed E-state index contributed by atoms with van der Waals surface area (Å²) in [4.78, 5) is 12.2. The summed E-state index contributed by atoms with van der Waals surface area (Å²) in [7, 11) is 1.64. The second-order valence-electron chi connectivity index (χ2n) is 5.05. The average Bonchev–Trinajstić information content (AvgIpc) is 2.58. The van der Waals surface area contributed by atoms with Gasteiger partial charge in [-0.2, -0.15) is 0 Å². The van der Waals surface area contributed by atoms with Crippen LogP contribution in [0.1, 0.15) is 30.0 Å². The molecule has 0 heterocycles. The number of para-hydroxylation sites is 1. The fraction of sp³-hybridized carbons (Fsp3) is 0.278. The summed E-state index contributed by atoms with van der Waals surface area (Å²) in [5, 5.41) is 3.08. The lowest BCUT2D eigenvalue weighted by atomic mass is 9.97. The highest BCUT2D eigenvalue weighted by molar-refractivity contribution is 5.77. The largest absolute Gasteiger partial charge is 0.496 e. The minimum Gasteiger partial charge on any atom is -0.496 e. The number of methoxy groups -OCH3 is 1. The Morgan fingerprint density at radius 2 is 1.82 bits per heavy atom. The van der Waals surface area contributed by atoms with Crippen molar-refractivity contribution in [3.63, 3.8) is 0 Å². The predicted molar refractivity (Wildman–Crippen MR) is 87.7 cm³/mol. The van der Waals surface area contributed by atoms with Crippen LogP contribution in [-0.4, -0.2) is 19.6 Å². The van der Waals surface area contributed by atoms with E-state index in [0.29, 0.717) is 19.4 Å². The van der Waals surface area contributed by atoms with Crippen molar-refractivity contribution >= 4 is 5.91 Å². The Kier molecular flexibility index (Phi) is 5.98. The van der Waals surface area contributed by atoms with Gasteiger partial charge in [-0.25, -0.2) is 0 Å². The highest BCUT2D eigenvalue weighted by atomic mass is 16.5. The van der Waals surface area contributed by atoms with Crippen LogP contribution in [0.2, 0.25) is 0 Å². The van der Waals surface area contributed by atoms with E-state index < -0.39 is 0 Å². The SMILES string of the molecule is COc1ccccc1C(NC(=O)CCCN)c1ccccc1. The quantitative estimate of drug-likeness (QED) is 0.826. The molecule has 2 aromatic rings. The van der Waals surface area contributed by atoms with Gasteiger partial charge < -0.3 is 15.8 Å². The van der Waals surface area contributed by atoms with Gasteiger partial charge in [0.2, 0.25) is 5.91 Å². The van der Waals surface area contributed by atoms with Crippen molar-refractivity contribution < 1.29 is 9.53 Å². The number of nitrogens with one attached hydrogen (secondary N) is 1. The lowest BCUT2D eigenvalue weighted by Gasteiger charge is -2.22. The van der Waals surface area contributed by atoms with Crippen LogP contribution in [0.4, 0.5) is 0 Å². The number of hydrogen-bond acceptors (Lipinski definition) is 3. The Morgan fingerprint density at radius 3 is 2.50 bits per heavy atom. The molecule has 0 saturated carbocycles. The van der Waals surface area contributed by atoms with Crippen molar-refractivity contribution in [2.45, 2.75) is 18.9 Å². The maximum absolute atomic E-state index is 12.2. The fourth-order valence-electron chi connectivity index (χ4n) is 2.39. The average molecular weight is 298 g/mol. The topological polar surface area (TPSA) is 64.3 Å². The first-order valence-electron chi connectivity index (χ1n) is 7.43. The van der Waals surface area contributed by atoms with Crippen LogP contribution >= 0.6 is 0 Å². The van der Waals surface area contributed by atoms with E-state index in [9.17, 15) is 4.79 Å². The standard InChI is InChI=1S/C18H22N2O2/c1-22-16-11-6-5-10-15(16)18(14-8-3-2-4-9-14)20-17(21)12-7-13-19/h2-6,8-11,18H,7,12-13,19H2,1H3,(H,20,21). The van der Waals surface area contributed by atoms with Crippen LogP contribution in [0.3, 0.4) is 0 Å². The van der Waals surface area contributed by atoms with E-state index in [-0.39, 0.29) is 11.9 Å². The van der Waals surface area contributed by atoms with Crippen molar-refractivity contribution in [3.05, 3.63) is 65.7 Å². The monoisotopic (exact) mass is 298 g/mol. The Bertz CT molecular complexity index is 599. The normalized spacial score (nSPS) is 11.7. The van der Waals surface area contributed by atoms with Crippen LogP contribution in [0.25, 0.3) is 0 Å². The number of ether oxygens (including phenoxy) is 1. The van der Waals surface area contributed by atoms with E-state index in [0.717, 1.165) is 16.9 Å². The van der Waals surface area contributed by atoms with Gasteiger partial charge in [0, 0.05) is 12.0 Å². The van der Waals surface area contributed by atoms with Crippen LogP contribution in [0, 0.1) is 0 Å². The van der Waals surface area contributed by atoms with Gasteiger partial charge >= 0.3 is 0 Å². The third-order valence-corrected chi connectivity index (χ3v) is 3.50. The molecule has 0 aliphatic rings. The summed E-state index contributed by atoms with van der Waals surface area (Å²) in [6.45, 7) is 0.512. The third-order valence-electron chi connectivity index (χ3n) is 3.50. The first-order valence-corrected chi connectivity index (χ1v) is 7.43. The van der Waals surface area contributed by atoms with E-state index in [1.165, 1.54) is 0 Å². The van der Waals surface area contributed by atoms with Gasteiger partial charge in [0.05, 0.1) is 13.2 Å². The number of hydrogen-bond donors (Lipinski definition) is 2. The summed E-state index contributed by atoms with van der Waals surface area (Å²) in [6.07, 6.45) is 1.11. The van der Waals surface area contributed by atoms with E-state index >= 15 is 0 Å². The van der Waals surface area contributed by atoms with Crippen LogP contribution in [-0.2, 0) is 4.79 Å². The lowest BCUT2D eigenvalue weighted by molar-refractivity contribution is -0.121. The van der Waals surface area contributed by atoms with Gasteiger partial charge in [-0.05, 0) is 24.6 Å². The van der Waals surface area contributed by atoms with Gasteiger partial charge in [0.1, 0.15) is 5.75 Å². The molecule has 4 heteroatoms. The van der Waals surface area contributed by atoms with Crippen molar-refractivity contribution in [2.24, 2.45) is 5.73 Å². The Labute approximate surface area is 131 Å². The molecule has 22 heavy (non-hydrogen) atoms. The molecule has 3 N–H and O–H groups in total. The molecule has 0 radical (unpaired) electrons. The third kappa shape index (κ3) is 4.09. The molecule has 0 aliphatic heterocycles. The van der Waals surface area contributed by atoms with E-state index in [2.05, 4.69) is 5.32 Å². The van der Waals surface area contributed by atoms with Gasteiger partial charge in [-0.1, -0.05) is 48.5 Å². The van der Waals surface area contributed by atoms with E-state index in [1.807, 2.05) is 54.6 Å². The molecular weight excluding hydrogens is 276 g/mol. The van der Waals surface area contributed by atoms with Crippen LogP contribution in [0.15, 0.2) is 54.6 Å². The molecule has 2 aromatic carbocycles. The molecular formula is C18H22N2O2. The summed E-state index contributed by atoms with van der Waals surface area (Å²) in [5.74, 6) is 0.751. The van der Waals surface area contributed by atoms with Gasteiger partial charge in [0.25, 0.3) is 0 Å². The molecule has 0 saturated heterocycles. The van der Waals surface area contributed by atoms with Crippen LogP contribution in [0.5, 0.6) is 5.75 Å². The van der Waals surface area contributed by atoms with Crippen molar-refractivity contribution in [1.29, 1.82) is 0 Å². The van der Waals surface area contributed by atoms with E-state index in [1.54, 1.807) is 7.11 Å². The summed E-state index contributed by atoms with van der Waals surface area (Å²) >= 11 is 0. The second-order valence-corrected chi connectivity index (χ2v) is 5.05. The van der Waals surface area contributed by atoms with Crippen molar-refractivity contribution in [2.75, 3.05) is 13.7 Å². The molecule has 0 spiro atoms. The molecule has 0 aromatic heterocycles. The first kappa shape index (κ1) is 16.0. The Morgan fingerprint density at radius 1 is 1.14 bits per heavy atom. The summed E-state index contributed by atoms with van der Waals surface area (Å²) in [6, 6.07) is 17.4. The molecule has 1 amide bonds. The number of amides is 1. The lowest BCUT2D eigenvalue weighted by Crippen LogP contribution is -2.29. The minimum absolute atomic E-state index is 0.00907. The van der Waals surface area contributed by atoms with Crippen molar-refractivity contribution in [1.82, 2.24) is 5.32 Å². The zero-order chi connectivity index (χ0) is 15.8. The zero-order valence-corrected chi connectivity index (χ0v) is 12.8. The second kappa shape index (κ2) is 8.20. The number of nitrogens with two attached hydrogens (primary N) is 1. The number of benzene rings is 2. The molecule has 1 atom stereocenters. The van der Waals surface area contributed by atoms with Crippen molar-refractivity contribution in [3.8, 4) is 5.75 Å². The predicted octanol–water partition coefficient (Wildman–Crippen LogP) is 2.64. The van der Waals surface area contributed by atoms with E-state index in [4.69, 9.17) is 10.5 Å². The summed E-state index contributed by atoms with van der Waals surface area (Å²) in [5.41, 5.74) is 7.44. The Balaban J connectivity index is 2.31. The summed E-state index contributed by atoms with van der Waals surface area (Å²) < 4.78 is 5.44.